The van der Waals surface area contributed by atoms with Crippen LogP contribution in [0.3, 0.4) is 0 Å². The number of fused-ring (bicyclic) bond motifs is 1. The van der Waals surface area contributed by atoms with Crippen molar-refractivity contribution in [2.45, 2.75) is 6.04 Å². The van der Waals surface area contributed by atoms with Crippen molar-refractivity contribution in [2.75, 3.05) is 0 Å². The summed E-state index contributed by atoms with van der Waals surface area (Å²) in [7, 11) is 0. The molecular formula is C46H31IN4S. The Morgan fingerprint density at radius 2 is 1.13 bits per heavy atom. The van der Waals surface area contributed by atoms with Crippen LogP contribution in [0.5, 0.6) is 0 Å². The van der Waals surface area contributed by atoms with Crippen molar-refractivity contribution >= 4 is 66.9 Å². The second kappa shape index (κ2) is 14.1. The van der Waals surface area contributed by atoms with Crippen molar-refractivity contribution < 1.29 is 0 Å². The summed E-state index contributed by atoms with van der Waals surface area (Å²) in [5.74, 6) is 1.43. The van der Waals surface area contributed by atoms with Gasteiger partial charge in [-0.1, -0.05) is 140 Å². The summed E-state index contributed by atoms with van der Waals surface area (Å²) in [5.41, 5.74) is 10.3. The number of hydrogen-bond donors (Lipinski definition) is 0. The fourth-order valence-corrected chi connectivity index (χ4v) is 9.87. The summed E-state index contributed by atoms with van der Waals surface area (Å²) in [4.78, 5) is 21.0. The maximum absolute atomic E-state index is 5.35. The van der Waals surface area contributed by atoms with Gasteiger partial charge < -0.3 is 0 Å². The molecule has 0 bridgehead atoms. The van der Waals surface area contributed by atoms with Crippen LogP contribution in [-0.4, -0.2) is 24.7 Å². The molecule has 6 heteroatoms. The number of aliphatic imine (C=N–C) groups is 4. The molecule has 0 N–H and O–H groups in total. The molecule has 0 saturated carbocycles. The van der Waals surface area contributed by atoms with Gasteiger partial charge in [0.25, 0.3) is 0 Å². The highest BCUT2D eigenvalue weighted by Crippen LogP contribution is 2.39. The van der Waals surface area contributed by atoms with Crippen LogP contribution in [0.1, 0.15) is 39.4 Å². The van der Waals surface area contributed by atoms with E-state index in [2.05, 4.69) is 121 Å². The van der Waals surface area contributed by atoms with Crippen LogP contribution in [0.4, 0.5) is 0 Å². The third-order valence-corrected chi connectivity index (χ3v) is 12.8. The van der Waals surface area contributed by atoms with E-state index in [1.165, 1.54) is 15.6 Å². The molecule has 0 fully saturated rings. The summed E-state index contributed by atoms with van der Waals surface area (Å²) in [6.07, 6.45) is 0. The highest BCUT2D eigenvalue weighted by molar-refractivity contribution is 14.2. The summed E-state index contributed by atoms with van der Waals surface area (Å²) in [5, 5.41) is 3.41. The van der Waals surface area contributed by atoms with Gasteiger partial charge in [0, 0.05) is 43.5 Å². The van der Waals surface area contributed by atoms with Gasteiger partial charge in [0.1, 0.15) is 13.4 Å². The fourth-order valence-electron chi connectivity index (χ4n) is 6.58. The van der Waals surface area contributed by atoms with E-state index in [0.29, 0.717) is 5.84 Å². The average Bonchev–Trinajstić information content (AvgIpc) is 3.71. The van der Waals surface area contributed by atoms with Gasteiger partial charge in [-0.3, -0.25) is 4.99 Å². The molecule has 0 saturated heterocycles. The SMILES string of the molecule is C=C1C(c2ccccc2)=NC(c2ccccc2)=NC1c1cc(C2=NC(c3ccccc3)=NC(c3ccccc3)=I2)cc(-c2cccc3sccc23)c1. The zero-order valence-electron chi connectivity index (χ0n) is 28.0. The number of rotatable bonds is 7. The molecule has 4 nitrogen and oxygen atoms in total. The van der Waals surface area contributed by atoms with Crippen molar-refractivity contribution in [3.63, 3.8) is 0 Å². The summed E-state index contributed by atoms with van der Waals surface area (Å²) < 4.78 is 3.42. The second-order valence-electron chi connectivity index (χ2n) is 12.5. The van der Waals surface area contributed by atoms with Crippen molar-refractivity contribution in [3.05, 3.63) is 215 Å². The first-order valence-corrected chi connectivity index (χ1v) is 20.1. The first-order valence-electron chi connectivity index (χ1n) is 17.1. The van der Waals surface area contributed by atoms with E-state index in [9.17, 15) is 0 Å². The summed E-state index contributed by atoms with van der Waals surface area (Å²) in [6.45, 7) is 4.66. The largest absolute Gasteiger partial charge is 0.253 e. The Balaban J connectivity index is 1.26. The molecule has 248 valence electrons. The van der Waals surface area contributed by atoms with Crippen LogP contribution in [0.25, 0.3) is 21.2 Å². The summed E-state index contributed by atoms with van der Waals surface area (Å²) >= 11 is 1.03. The molecule has 1 atom stereocenters. The molecule has 7 aromatic rings. The number of amidine groups is 2. The first kappa shape index (κ1) is 32.2. The topological polar surface area (TPSA) is 49.4 Å². The smallest absolute Gasteiger partial charge is 0.161 e. The van der Waals surface area contributed by atoms with Crippen LogP contribution in [0.2, 0.25) is 0 Å². The van der Waals surface area contributed by atoms with Gasteiger partial charge in [0.15, 0.2) is 11.7 Å². The van der Waals surface area contributed by atoms with Gasteiger partial charge in [-0.15, -0.1) is 11.3 Å². The number of benzene rings is 6. The fraction of sp³-hybridized carbons (Fsp3) is 0.0217. The molecule has 0 spiro atoms. The molecule has 6 aromatic carbocycles. The minimum atomic E-state index is -0.737. The van der Waals surface area contributed by atoms with Gasteiger partial charge >= 0.3 is 0 Å². The minimum Gasteiger partial charge on any atom is -0.253 e. The Kier molecular flexibility index (Phi) is 8.76. The van der Waals surface area contributed by atoms with Crippen LogP contribution in [0.15, 0.2) is 201 Å². The molecule has 3 heterocycles. The standard InChI is InChI=1S/C46H31IN4S/c1-30-41(31-15-6-2-7-16-31)48-45(33-19-10-4-11-20-33)49-42(30)36-27-35(38-23-14-24-40-39(38)25-26-52-40)28-37(29-36)44-47-43(32-17-8-3-9-18-32)50-46(51-44)34-21-12-5-13-22-34/h2-29,42H,1H2. The van der Waals surface area contributed by atoms with Crippen LogP contribution < -0.4 is 0 Å². The van der Waals surface area contributed by atoms with E-state index < -0.39 is 20.7 Å². The van der Waals surface area contributed by atoms with Crippen molar-refractivity contribution in [3.8, 4) is 11.1 Å². The predicted octanol–water partition coefficient (Wildman–Crippen LogP) is 11.5. The van der Waals surface area contributed by atoms with Crippen LogP contribution in [-0.2, 0) is 0 Å². The molecule has 2 aliphatic heterocycles. The predicted molar refractivity (Wildman–Crippen MR) is 229 cm³/mol. The molecule has 1 aromatic heterocycles. The number of thiophene rings is 1. The van der Waals surface area contributed by atoms with E-state index in [-0.39, 0.29) is 6.04 Å². The monoisotopic (exact) mass is 798 g/mol. The maximum atomic E-state index is 5.35. The molecule has 2 aliphatic rings. The molecule has 1 unspecified atom stereocenters. The Morgan fingerprint density at radius 1 is 0.519 bits per heavy atom. The summed E-state index contributed by atoms with van der Waals surface area (Å²) in [6, 6.07) is 56.7. The van der Waals surface area contributed by atoms with Crippen LogP contribution >= 0.6 is 32.1 Å². The first-order chi connectivity index (χ1) is 25.7. The molecular weight excluding hydrogens is 768 g/mol. The van der Waals surface area contributed by atoms with Crippen molar-refractivity contribution in [1.29, 1.82) is 0 Å². The van der Waals surface area contributed by atoms with Crippen molar-refractivity contribution in [2.24, 2.45) is 20.0 Å². The zero-order valence-corrected chi connectivity index (χ0v) is 31.0. The Labute approximate surface area is 316 Å². The molecule has 0 amide bonds. The average molecular weight is 799 g/mol. The van der Waals surface area contributed by atoms with Gasteiger partial charge in [-0.25, -0.2) is 15.0 Å². The lowest BCUT2D eigenvalue weighted by atomic mass is 9.88. The highest BCUT2D eigenvalue weighted by atomic mass is 127. The minimum absolute atomic E-state index is 0.356. The lowest BCUT2D eigenvalue weighted by Crippen LogP contribution is -2.20. The molecule has 0 aliphatic carbocycles. The molecule has 52 heavy (non-hydrogen) atoms. The number of hydrogen-bond acceptors (Lipinski definition) is 5. The zero-order chi connectivity index (χ0) is 34.9. The quantitative estimate of drug-likeness (QED) is 0.144. The van der Waals surface area contributed by atoms with E-state index in [4.69, 9.17) is 20.0 Å². The van der Waals surface area contributed by atoms with Crippen LogP contribution in [0, 0.1) is 0 Å². The third kappa shape index (κ3) is 6.36. The molecule has 9 rings (SSSR count). The second-order valence-corrected chi connectivity index (χ2v) is 16.0. The Morgan fingerprint density at radius 3 is 1.83 bits per heavy atom. The Bertz CT molecular complexity index is 2580. The van der Waals surface area contributed by atoms with E-state index in [0.717, 1.165) is 63.4 Å². The van der Waals surface area contributed by atoms with Gasteiger partial charge in [-0.05, 0) is 73.1 Å². The normalized spacial score (nSPS) is 15.9. The van der Waals surface area contributed by atoms with E-state index >= 15 is 0 Å². The van der Waals surface area contributed by atoms with Gasteiger partial charge in [-0.2, -0.15) is 0 Å². The van der Waals surface area contributed by atoms with E-state index in [1.807, 2.05) is 54.6 Å². The van der Waals surface area contributed by atoms with Gasteiger partial charge in [0.2, 0.25) is 0 Å². The molecule has 0 radical (unpaired) electrons. The lowest BCUT2D eigenvalue weighted by Gasteiger charge is -2.25. The van der Waals surface area contributed by atoms with E-state index in [1.54, 1.807) is 11.3 Å². The lowest BCUT2D eigenvalue weighted by molar-refractivity contribution is 0.874. The maximum Gasteiger partial charge on any atom is 0.161 e. The number of nitrogens with zero attached hydrogens (tertiary/aromatic N) is 4. The van der Waals surface area contributed by atoms with Crippen molar-refractivity contribution in [1.82, 2.24) is 0 Å². The number of halogens is 1. The third-order valence-electron chi connectivity index (χ3n) is 9.13. The van der Waals surface area contributed by atoms with Gasteiger partial charge in [0.05, 0.1) is 5.71 Å². The Hall–Kier alpha value is -5.70. The highest BCUT2D eigenvalue weighted by Gasteiger charge is 2.28.